The van der Waals surface area contributed by atoms with Gasteiger partial charge in [-0.1, -0.05) is 12.1 Å². The second kappa shape index (κ2) is 5.54. The number of anilines is 1. The molecule has 0 saturated carbocycles. The number of rotatable bonds is 5. The number of para-hydroxylation sites is 1. The first kappa shape index (κ1) is 14.7. The van der Waals surface area contributed by atoms with E-state index in [4.69, 9.17) is 5.14 Å². The van der Waals surface area contributed by atoms with Crippen molar-refractivity contribution in [3.05, 3.63) is 36.0 Å². The molecule has 0 bridgehead atoms. The number of hydrogen-bond acceptors (Lipinski definition) is 5. The van der Waals surface area contributed by atoms with E-state index in [2.05, 4.69) is 15.4 Å². The van der Waals surface area contributed by atoms with Gasteiger partial charge in [0.05, 0.1) is 17.0 Å². The van der Waals surface area contributed by atoms with Gasteiger partial charge in [0.15, 0.2) is 5.65 Å². The van der Waals surface area contributed by atoms with Crippen LogP contribution in [0.1, 0.15) is 12.1 Å². The van der Waals surface area contributed by atoms with E-state index in [-0.39, 0.29) is 5.75 Å². The number of nitrogens with zero attached hydrogens (tertiary/aromatic N) is 3. The van der Waals surface area contributed by atoms with Crippen LogP contribution in [0.15, 0.2) is 30.3 Å². The Kier molecular flexibility index (Phi) is 3.71. The first-order valence-electron chi connectivity index (χ1n) is 6.93. The summed E-state index contributed by atoms with van der Waals surface area (Å²) in [4.78, 5) is 4.57. The molecule has 0 fully saturated rings. The number of aromatic nitrogens is 3. The molecule has 0 atom stereocenters. The third-order valence-corrected chi connectivity index (χ3v) is 4.18. The molecular formula is C14H17N5O2S. The summed E-state index contributed by atoms with van der Waals surface area (Å²) in [6.07, 6.45) is 0.429. The Morgan fingerprint density at radius 3 is 2.86 bits per heavy atom. The lowest BCUT2D eigenvalue weighted by Gasteiger charge is -2.10. The van der Waals surface area contributed by atoms with Crippen LogP contribution in [0, 0.1) is 6.92 Å². The fraction of sp³-hybridized carbons (Fsp3) is 0.286. The maximum Gasteiger partial charge on any atom is 0.209 e. The van der Waals surface area contributed by atoms with E-state index in [0.29, 0.717) is 13.0 Å². The van der Waals surface area contributed by atoms with Crippen LogP contribution >= 0.6 is 0 Å². The number of aryl methyl sites for hydroxylation is 1. The first-order chi connectivity index (χ1) is 10.4. The highest BCUT2D eigenvalue weighted by molar-refractivity contribution is 7.89. The molecule has 0 aliphatic carbocycles. The van der Waals surface area contributed by atoms with Crippen molar-refractivity contribution in [2.24, 2.45) is 5.14 Å². The summed E-state index contributed by atoms with van der Waals surface area (Å²) >= 11 is 0. The molecule has 8 heteroatoms. The number of hydrogen-bond donors (Lipinski definition) is 2. The Morgan fingerprint density at radius 2 is 2.09 bits per heavy atom. The second-order valence-electron chi connectivity index (χ2n) is 5.18. The van der Waals surface area contributed by atoms with Gasteiger partial charge in [-0.05, 0) is 25.5 Å². The lowest BCUT2D eigenvalue weighted by molar-refractivity contribution is 0.596. The Morgan fingerprint density at radius 1 is 1.32 bits per heavy atom. The monoisotopic (exact) mass is 319 g/mol. The minimum absolute atomic E-state index is 0.0496. The number of nitrogens with two attached hydrogens (primary N) is 1. The Bertz CT molecular complexity index is 933. The van der Waals surface area contributed by atoms with Gasteiger partial charge in [-0.3, -0.25) is 0 Å². The van der Waals surface area contributed by atoms with Crippen molar-refractivity contribution >= 4 is 32.4 Å². The van der Waals surface area contributed by atoms with Crippen molar-refractivity contribution in [2.75, 3.05) is 17.6 Å². The van der Waals surface area contributed by atoms with Gasteiger partial charge in [0.2, 0.25) is 10.0 Å². The average Bonchev–Trinajstić information content (AvgIpc) is 2.83. The summed E-state index contributed by atoms with van der Waals surface area (Å²) in [5, 5.41) is 13.6. The topological polar surface area (TPSA) is 102 Å². The molecule has 116 valence electrons. The average molecular weight is 319 g/mol. The molecule has 3 aromatic rings. The van der Waals surface area contributed by atoms with Crippen molar-refractivity contribution in [1.82, 2.24) is 14.6 Å². The summed E-state index contributed by atoms with van der Waals surface area (Å²) in [5.74, 6) is 0.670. The van der Waals surface area contributed by atoms with Crippen LogP contribution in [0.3, 0.4) is 0 Å². The third kappa shape index (κ3) is 3.02. The predicted octanol–water partition coefficient (Wildman–Crippen LogP) is 1.28. The number of sulfonamides is 1. The molecule has 0 radical (unpaired) electrons. The largest absolute Gasteiger partial charge is 0.369 e. The van der Waals surface area contributed by atoms with Crippen LogP contribution < -0.4 is 10.5 Å². The molecule has 0 spiro atoms. The molecule has 0 aliphatic heterocycles. The molecular weight excluding hydrogens is 302 g/mol. The van der Waals surface area contributed by atoms with Crippen molar-refractivity contribution in [2.45, 2.75) is 13.3 Å². The highest BCUT2D eigenvalue weighted by Crippen LogP contribution is 2.23. The molecule has 22 heavy (non-hydrogen) atoms. The van der Waals surface area contributed by atoms with Crippen LogP contribution in [0.5, 0.6) is 0 Å². The number of nitrogens with one attached hydrogen (secondary N) is 1. The maximum absolute atomic E-state index is 11.0. The highest BCUT2D eigenvalue weighted by atomic mass is 32.2. The van der Waals surface area contributed by atoms with E-state index in [1.54, 1.807) is 4.52 Å². The number of fused-ring (bicyclic) bond motifs is 3. The lowest BCUT2D eigenvalue weighted by Crippen LogP contribution is -2.19. The van der Waals surface area contributed by atoms with E-state index in [1.807, 2.05) is 37.3 Å². The molecule has 0 saturated heterocycles. The van der Waals surface area contributed by atoms with E-state index in [1.165, 1.54) is 0 Å². The number of primary sulfonamides is 1. The fourth-order valence-corrected chi connectivity index (χ4v) is 2.94. The molecule has 0 amide bonds. The number of benzene rings is 1. The SMILES string of the molecule is Cc1cc2nc(NCCCS(N)(=O)=O)c3ccccc3n2n1. The zero-order valence-electron chi connectivity index (χ0n) is 12.2. The predicted molar refractivity (Wildman–Crippen MR) is 86.3 cm³/mol. The van der Waals surface area contributed by atoms with Crippen molar-refractivity contribution in [1.29, 1.82) is 0 Å². The molecule has 2 aromatic heterocycles. The minimum Gasteiger partial charge on any atom is -0.369 e. The van der Waals surface area contributed by atoms with Gasteiger partial charge in [0.25, 0.3) is 0 Å². The lowest BCUT2D eigenvalue weighted by atomic mass is 10.2. The van der Waals surface area contributed by atoms with Crippen LogP contribution in [0.4, 0.5) is 5.82 Å². The van der Waals surface area contributed by atoms with E-state index in [0.717, 1.165) is 28.1 Å². The zero-order valence-corrected chi connectivity index (χ0v) is 13.0. The van der Waals surface area contributed by atoms with Crippen LogP contribution in [-0.2, 0) is 10.0 Å². The summed E-state index contributed by atoms with van der Waals surface area (Å²) in [6.45, 7) is 2.40. The first-order valence-corrected chi connectivity index (χ1v) is 8.65. The highest BCUT2D eigenvalue weighted by Gasteiger charge is 2.10. The van der Waals surface area contributed by atoms with E-state index < -0.39 is 10.0 Å². The fourth-order valence-electron chi connectivity index (χ4n) is 2.39. The van der Waals surface area contributed by atoms with Crippen molar-refractivity contribution in [3.63, 3.8) is 0 Å². The van der Waals surface area contributed by atoms with Gasteiger partial charge in [-0.15, -0.1) is 0 Å². The van der Waals surface area contributed by atoms with E-state index in [9.17, 15) is 8.42 Å². The van der Waals surface area contributed by atoms with Crippen molar-refractivity contribution in [3.8, 4) is 0 Å². The normalized spacial score (nSPS) is 12.1. The van der Waals surface area contributed by atoms with Crippen LogP contribution in [-0.4, -0.2) is 35.3 Å². The quantitative estimate of drug-likeness (QED) is 0.690. The molecule has 3 N–H and O–H groups in total. The van der Waals surface area contributed by atoms with Crippen molar-refractivity contribution < 1.29 is 8.42 Å². The van der Waals surface area contributed by atoms with Gasteiger partial charge in [0.1, 0.15) is 5.82 Å². The third-order valence-electron chi connectivity index (χ3n) is 3.32. The van der Waals surface area contributed by atoms with E-state index >= 15 is 0 Å². The summed E-state index contributed by atoms with van der Waals surface area (Å²) in [6, 6.07) is 9.72. The molecule has 0 unspecified atom stereocenters. The summed E-state index contributed by atoms with van der Waals surface area (Å²) < 4.78 is 23.7. The second-order valence-corrected chi connectivity index (χ2v) is 6.91. The van der Waals surface area contributed by atoms with Gasteiger partial charge in [0, 0.05) is 18.0 Å². The zero-order chi connectivity index (χ0) is 15.7. The molecule has 1 aromatic carbocycles. The van der Waals surface area contributed by atoms with Crippen LogP contribution in [0.2, 0.25) is 0 Å². The maximum atomic E-state index is 11.0. The molecule has 3 rings (SSSR count). The van der Waals surface area contributed by atoms with Crippen LogP contribution in [0.25, 0.3) is 16.6 Å². The molecule has 0 aliphatic rings. The Hall–Kier alpha value is -2.19. The Balaban J connectivity index is 1.93. The van der Waals surface area contributed by atoms with Gasteiger partial charge in [-0.25, -0.2) is 23.1 Å². The minimum atomic E-state index is -3.43. The standard InChI is InChI=1S/C14H17N5O2S/c1-10-9-13-17-14(16-7-4-8-22(15,20)21)11-5-2-3-6-12(11)19(13)18-10/h2-3,5-6,9H,4,7-8H2,1H3,(H,16,17)(H2,15,20,21). The molecule has 2 heterocycles. The summed E-state index contributed by atoms with van der Waals surface area (Å²) in [7, 11) is -3.43. The Labute approximate surface area is 128 Å². The smallest absolute Gasteiger partial charge is 0.209 e. The van der Waals surface area contributed by atoms with Gasteiger partial charge >= 0.3 is 0 Å². The van der Waals surface area contributed by atoms with Gasteiger partial charge in [-0.2, -0.15) is 5.10 Å². The summed E-state index contributed by atoms with van der Waals surface area (Å²) in [5.41, 5.74) is 2.60. The molecule has 7 nitrogen and oxygen atoms in total. The van der Waals surface area contributed by atoms with Gasteiger partial charge < -0.3 is 5.32 Å².